The SMILES string of the molecule is CN1CCN(c2ccc(N=C3C=C(c4cc(F)cc(N5CCc6c(sc7c6CCCC7)C5=O)c4CO)CN(C)C3)nc2)CC1. The number of amides is 1. The minimum absolute atomic E-state index is 0.0833. The number of benzene rings is 1. The summed E-state index contributed by atoms with van der Waals surface area (Å²) in [6.45, 7) is 5.39. The zero-order chi connectivity index (χ0) is 30.4. The molecule has 1 aromatic carbocycles. The average molecular weight is 615 g/mol. The second-order valence-corrected chi connectivity index (χ2v) is 13.5. The molecule has 0 atom stereocenters. The molecule has 3 aromatic rings. The van der Waals surface area contributed by atoms with Crippen molar-refractivity contribution in [1.29, 1.82) is 0 Å². The van der Waals surface area contributed by atoms with Crippen LogP contribution in [0.15, 0.2) is 41.5 Å². The first-order chi connectivity index (χ1) is 21.4. The van der Waals surface area contributed by atoms with Crippen LogP contribution in [0.3, 0.4) is 0 Å². The molecule has 0 bridgehead atoms. The lowest BCUT2D eigenvalue weighted by molar-refractivity contribution is 0.0984. The molecule has 0 saturated carbocycles. The van der Waals surface area contributed by atoms with Crippen LogP contribution in [-0.4, -0.2) is 91.4 Å². The van der Waals surface area contributed by atoms with E-state index in [1.54, 1.807) is 16.2 Å². The number of aliphatic hydroxyl groups excluding tert-OH is 1. The summed E-state index contributed by atoms with van der Waals surface area (Å²) in [6, 6.07) is 6.90. The Morgan fingerprint density at radius 2 is 1.80 bits per heavy atom. The van der Waals surface area contributed by atoms with Crippen LogP contribution < -0.4 is 9.80 Å². The van der Waals surface area contributed by atoms with Gasteiger partial charge in [0, 0.05) is 56.3 Å². The summed E-state index contributed by atoms with van der Waals surface area (Å²) in [5.41, 5.74) is 6.97. The average Bonchev–Trinajstić information content (AvgIpc) is 3.41. The molecule has 0 unspecified atom stereocenters. The van der Waals surface area contributed by atoms with E-state index in [0.717, 1.165) is 67.3 Å². The van der Waals surface area contributed by atoms with E-state index >= 15 is 4.39 Å². The molecule has 1 N–H and O–H groups in total. The van der Waals surface area contributed by atoms with E-state index in [1.165, 1.54) is 41.0 Å². The Morgan fingerprint density at radius 1 is 0.977 bits per heavy atom. The van der Waals surface area contributed by atoms with Gasteiger partial charge in [-0.15, -0.1) is 11.3 Å². The third-order valence-corrected chi connectivity index (χ3v) is 10.7. The van der Waals surface area contributed by atoms with Crippen LogP contribution in [-0.2, 0) is 25.9 Å². The summed E-state index contributed by atoms with van der Waals surface area (Å²) in [4.78, 5) is 33.9. The highest BCUT2D eigenvalue weighted by Crippen LogP contribution is 2.40. The number of anilines is 2. The highest BCUT2D eigenvalue weighted by Gasteiger charge is 2.34. The largest absolute Gasteiger partial charge is 0.392 e. The van der Waals surface area contributed by atoms with Crippen LogP contribution in [0.2, 0.25) is 0 Å². The van der Waals surface area contributed by atoms with Gasteiger partial charge in [0.05, 0.1) is 34.8 Å². The molecule has 1 amide bonds. The lowest BCUT2D eigenvalue weighted by Crippen LogP contribution is -2.44. The van der Waals surface area contributed by atoms with Crippen molar-refractivity contribution in [3.05, 3.63) is 74.4 Å². The highest BCUT2D eigenvalue weighted by molar-refractivity contribution is 7.14. The lowest BCUT2D eigenvalue weighted by Gasteiger charge is -2.33. The standard InChI is InChI=1S/C34H39FN6O2S/c1-38-11-13-40(14-12-38)25-7-8-32(36-18-25)37-24-15-22(19-39(2)20-24)28-16-23(35)17-30(29(28)21-42)41-10-9-27-26-5-3-4-6-31(26)44-33(27)34(41)43/h7-8,15-18,42H,3-6,9-14,19-21H2,1-2H3. The molecule has 2 aromatic heterocycles. The van der Waals surface area contributed by atoms with Crippen molar-refractivity contribution in [2.45, 2.75) is 38.7 Å². The van der Waals surface area contributed by atoms with E-state index in [2.05, 4.69) is 32.8 Å². The predicted molar refractivity (Wildman–Crippen MR) is 175 cm³/mol. The van der Waals surface area contributed by atoms with Crippen molar-refractivity contribution >= 4 is 45.7 Å². The van der Waals surface area contributed by atoms with Crippen molar-refractivity contribution < 1.29 is 14.3 Å². The van der Waals surface area contributed by atoms with Crippen molar-refractivity contribution in [3.63, 3.8) is 0 Å². The second kappa shape index (κ2) is 12.2. The van der Waals surface area contributed by atoms with Gasteiger partial charge in [-0.2, -0.15) is 0 Å². The van der Waals surface area contributed by atoms with Gasteiger partial charge in [0.15, 0.2) is 5.82 Å². The molecule has 1 saturated heterocycles. The monoisotopic (exact) mass is 614 g/mol. The molecule has 5 heterocycles. The number of rotatable bonds is 5. The zero-order valence-electron chi connectivity index (χ0n) is 25.5. The number of aromatic nitrogens is 1. The number of halogens is 1. The molecular formula is C34H39FN6O2S. The van der Waals surface area contributed by atoms with Crippen LogP contribution in [0.5, 0.6) is 0 Å². The van der Waals surface area contributed by atoms with Crippen molar-refractivity contribution in [3.8, 4) is 0 Å². The normalized spacial score (nSPS) is 20.6. The van der Waals surface area contributed by atoms with Crippen molar-refractivity contribution in [2.24, 2.45) is 4.99 Å². The Labute approximate surface area is 262 Å². The smallest absolute Gasteiger partial charge is 0.268 e. The van der Waals surface area contributed by atoms with Gasteiger partial charge in [0.1, 0.15) is 5.82 Å². The van der Waals surface area contributed by atoms with Gasteiger partial charge in [-0.3, -0.25) is 9.69 Å². The van der Waals surface area contributed by atoms with Crippen LogP contribution in [0.1, 0.15) is 49.6 Å². The van der Waals surface area contributed by atoms with Gasteiger partial charge in [-0.25, -0.2) is 14.4 Å². The molecule has 4 aliphatic rings. The Morgan fingerprint density at radius 3 is 2.57 bits per heavy atom. The number of nitrogens with zero attached hydrogens (tertiary/aromatic N) is 6. The Balaban J connectivity index is 1.19. The van der Waals surface area contributed by atoms with Crippen molar-refractivity contribution in [2.75, 3.05) is 69.7 Å². The molecule has 10 heteroatoms. The lowest BCUT2D eigenvalue weighted by atomic mass is 9.91. The van der Waals surface area contributed by atoms with Gasteiger partial charge < -0.3 is 19.8 Å². The van der Waals surface area contributed by atoms with Crippen LogP contribution in [0.4, 0.5) is 21.6 Å². The molecular weight excluding hydrogens is 575 g/mol. The zero-order valence-corrected chi connectivity index (χ0v) is 26.3. The Hall–Kier alpha value is -3.44. The van der Waals surface area contributed by atoms with Crippen LogP contribution >= 0.6 is 11.3 Å². The number of piperazine rings is 1. The van der Waals surface area contributed by atoms with Crippen LogP contribution in [0.25, 0.3) is 5.57 Å². The van der Waals surface area contributed by atoms with Crippen molar-refractivity contribution in [1.82, 2.24) is 14.8 Å². The van der Waals surface area contributed by atoms with E-state index in [9.17, 15) is 9.90 Å². The van der Waals surface area contributed by atoms with Gasteiger partial charge in [0.25, 0.3) is 5.91 Å². The maximum absolute atomic E-state index is 15.3. The number of carbonyl (C=O) groups is 1. The number of carbonyl (C=O) groups excluding carboxylic acids is 1. The van der Waals surface area contributed by atoms with Gasteiger partial charge in [0.2, 0.25) is 0 Å². The molecule has 3 aliphatic heterocycles. The van der Waals surface area contributed by atoms with Crippen LogP contribution in [0, 0.1) is 5.82 Å². The number of thiophene rings is 1. The number of aryl methyl sites for hydroxylation is 1. The minimum Gasteiger partial charge on any atom is -0.392 e. The Bertz CT molecular complexity index is 1640. The number of aliphatic hydroxyl groups is 1. The van der Waals surface area contributed by atoms with E-state index in [1.807, 2.05) is 25.4 Å². The predicted octanol–water partition coefficient (Wildman–Crippen LogP) is 4.71. The molecule has 7 rings (SSSR count). The fraction of sp³-hybridized carbons (Fsp3) is 0.441. The fourth-order valence-electron chi connectivity index (χ4n) is 7.05. The number of fused-ring (bicyclic) bond motifs is 3. The van der Waals surface area contributed by atoms with Gasteiger partial charge in [-0.05, 0) is 98.8 Å². The van der Waals surface area contributed by atoms with E-state index in [-0.39, 0.29) is 12.5 Å². The first-order valence-electron chi connectivity index (χ1n) is 15.6. The van der Waals surface area contributed by atoms with E-state index in [4.69, 9.17) is 4.99 Å². The number of likely N-dealkylation sites (N-methyl/N-ethyl adjacent to an activating group) is 2. The number of aliphatic imine (C=N–C) groups is 1. The Kier molecular flexibility index (Phi) is 8.09. The summed E-state index contributed by atoms with van der Waals surface area (Å²) in [7, 11) is 4.14. The molecule has 8 nitrogen and oxygen atoms in total. The maximum Gasteiger partial charge on any atom is 0.268 e. The summed E-state index contributed by atoms with van der Waals surface area (Å²) < 4.78 is 15.3. The van der Waals surface area contributed by atoms with Gasteiger partial charge >= 0.3 is 0 Å². The number of hydrogen-bond acceptors (Lipinski definition) is 8. The van der Waals surface area contributed by atoms with E-state index in [0.29, 0.717) is 42.3 Å². The fourth-order valence-corrected chi connectivity index (χ4v) is 8.44. The quantitative estimate of drug-likeness (QED) is 0.449. The topological polar surface area (TPSA) is 75.5 Å². The summed E-state index contributed by atoms with van der Waals surface area (Å²) in [5, 5.41) is 10.6. The van der Waals surface area contributed by atoms with Gasteiger partial charge in [-0.1, -0.05) is 0 Å². The maximum atomic E-state index is 15.3. The number of hydrogen-bond donors (Lipinski definition) is 1. The first-order valence-corrected chi connectivity index (χ1v) is 16.4. The molecule has 230 valence electrons. The summed E-state index contributed by atoms with van der Waals surface area (Å²) in [6.07, 6.45) is 9.04. The molecule has 44 heavy (non-hydrogen) atoms. The number of pyridine rings is 1. The molecule has 1 aliphatic carbocycles. The first kappa shape index (κ1) is 29.3. The second-order valence-electron chi connectivity index (χ2n) is 12.4. The third kappa shape index (κ3) is 5.60. The minimum atomic E-state index is -0.426. The third-order valence-electron chi connectivity index (χ3n) is 9.36. The molecule has 1 fully saturated rings. The summed E-state index contributed by atoms with van der Waals surface area (Å²) in [5.74, 6) is 0.115. The molecule has 0 radical (unpaired) electrons. The molecule has 0 spiro atoms. The van der Waals surface area contributed by atoms with E-state index < -0.39 is 5.82 Å². The summed E-state index contributed by atoms with van der Waals surface area (Å²) >= 11 is 1.61. The highest BCUT2D eigenvalue weighted by atomic mass is 32.1.